The molecular weight excluding hydrogens is 237 g/mol. The van der Waals surface area contributed by atoms with Crippen LogP contribution in [0, 0.1) is 0 Å². The van der Waals surface area contributed by atoms with Gasteiger partial charge in [-0.1, -0.05) is 0 Å². The zero-order chi connectivity index (χ0) is 9.80. The fourth-order valence-corrected chi connectivity index (χ4v) is 2.92. The maximum atomic E-state index is 5.63. The van der Waals surface area contributed by atoms with E-state index in [4.69, 9.17) is 5.73 Å². The minimum atomic E-state index is 0.398. The average Bonchev–Trinajstić information content (AvgIpc) is 2.23. The van der Waals surface area contributed by atoms with Crippen molar-refractivity contribution < 1.29 is 0 Å². The van der Waals surface area contributed by atoms with Gasteiger partial charge in [-0.25, -0.2) is 0 Å². The Labute approximate surface area is 90.1 Å². The molecular formula is C12H11NSe. The van der Waals surface area contributed by atoms with Gasteiger partial charge in [-0.2, -0.15) is 0 Å². The summed E-state index contributed by atoms with van der Waals surface area (Å²) < 4.78 is 2.75. The van der Waals surface area contributed by atoms with Crippen LogP contribution in [0.25, 0.3) is 0 Å². The van der Waals surface area contributed by atoms with Crippen molar-refractivity contribution in [2.24, 2.45) is 0 Å². The van der Waals surface area contributed by atoms with E-state index in [-0.39, 0.29) is 0 Å². The summed E-state index contributed by atoms with van der Waals surface area (Å²) in [7, 11) is 0. The first-order valence-electron chi connectivity index (χ1n) is 4.43. The van der Waals surface area contributed by atoms with Gasteiger partial charge < -0.3 is 0 Å². The van der Waals surface area contributed by atoms with E-state index in [1.807, 2.05) is 18.2 Å². The molecule has 0 heterocycles. The van der Waals surface area contributed by atoms with Gasteiger partial charge in [-0.15, -0.1) is 0 Å². The molecule has 0 spiro atoms. The van der Waals surface area contributed by atoms with Crippen LogP contribution in [0.1, 0.15) is 0 Å². The predicted molar refractivity (Wildman–Crippen MR) is 62.3 cm³/mol. The molecule has 0 saturated heterocycles. The molecule has 14 heavy (non-hydrogen) atoms. The maximum absolute atomic E-state index is 5.63. The van der Waals surface area contributed by atoms with Gasteiger partial charge in [0.05, 0.1) is 0 Å². The van der Waals surface area contributed by atoms with E-state index >= 15 is 0 Å². The molecule has 1 nitrogen and oxygen atoms in total. The summed E-state index contributed by atoms with van der Waals surface area (Å²) in [6.45, 7) is 0. The molecule has 0 fully saturated rings. The summed E-state index contributed by atoms with van der Waals surface area (Å²) in [6.07, 6.45) is 0. The molecule has 0 aliphatic heterocycles. The van der Waals surface area contributed by atoms with Crippen molar-refractivity contribution in [3.05, 3.63) is 54.6 Å². The van der Waals surface area contributed by atoms with E-state index in [0.717, 1.165) is 5.69 Å². The van der Waals surface area contributed by atoms with Gasteiger partial charge in [-0.05, 0) is 0 Å². The number of nitrogens with two attached hydrogens (primary N) is 1. The Morgan fingerprint density at radius 1 is 0.714 bits per heavy atom. The second-order valence-corrected chi connectivity index (χ2v) is 5.39. The van der Waals surface area contributed by atoms with Gasteiger partial charge in [0.15, 0.2) is 0 Å². The van der Waals surface area contributed by atoms with Crippen LogP contribution in [-0.2, 0) is 0 Å². The van der Waals surface area contributed by atoms with Gasteiger partial charge in [0.1, 0.15) is 0 Å². The van der Waals surface area contributed by atoms with Gasteiger partial charge in [-0.3, -0.25) is 0 Å². The fraction of sp³-hybridized carbons (Fsp3) is 0. The summed E-state index contributed by atoms with van der Waals surface area (Å²) in [5.41, 5.74) is 6.46. The van der Waals surface area contributed by atoms with E-state index in [9.17, 15) is 0 Å². The van der Waals surface area contributed by atoms with E-state index in [0.29, 0.717) is 15.0 Å². The monoisotopic (exact) mass is 249 g/mol. The van der Waals surface area contributed by atoms with Crippen LogP contribution in [-0.4, -0.2) is 15.0 Å². The van der Waals surface area contributed by atoms with Gasteiger partial charge in [0.2, 0.25) is 0 Å². The van der Waals surface area contributed by atoms with Crippen LogP contribution in [0.2, 0.25) is 0 Å². The van der Waals surface area contributed by atoms with E-state index < -0.39 is 0 Å². The van der Waals surface area contributed by atoms with Crippen molar-refractivity contribution in [3.63, 3.8) is 0 Å². The molecule has 0 amide bonds. The first-order valence-corrected chi connectivity index (χ1v) is 6.14. The zero-order valence-corrected chi connectivity index (χ0v) is 9.39. The molecule has 2 heteroatoms. The number of rotatable bonds is 2. The Morgan fingerprint density at radius 2 is 1.29 bits per heavy atom. The van der Waals surface area contributed by atoms with Gasteiger partial charge in [0, 0.05) is 0 Å². The van der Waals surface area contributed by atoms with Crippen LogP contribution in [0.3, 0.4) is 0 Å². The van der Waals surface area contributed by atoms with Crippen molar-refractivity contribution in [2.75, 3.05) is 5.73 Å². The standard InChI is InChI=1S/C12H11NSe/c13-10-6-8-12(9-7-10)14-11-4-2-1-3-5-11/h1-9H,13H2. The van der Waals surface area contributed by atoms with E-state index in [1.165, 1.54) is 8.92 Å². The van der Waals surface area contributed by atoms with Crippen LogP contribution >= 0.6 is 0 Å². The molecule has 2 aromatic rings. The van der Waals surface area contributed by atoms with Crippen LogP contribution < -0.4 is 14.7 Å². The van der Waals surface area contributed by atoms with Crippen LogP contribution in [0.4, 0.5) is 5.69 Å². The van der Waals surface area contributed by atoms with Crippen LogP contribution in [0.15, 0.2) is 54.6 Å². The summed E-state index contributed by atoms with van der Waals surface area (Å²) in [5, 5.41) is 0. The fourth-order valence-electron chi connectivity index (χ4n) is 1.16. The SMILES string of the molecule is Nc1ccc([Se]c2ccccc2)cc1. The third kappa shape index (κ3) is 2.38. The van der Waals surface area contributed by atoms with Crippen molar-refractivity contribution in [3.8, 4) is 0 Å². The summed E-state index contributed by atoms with van der Waals surface area (Å²) >= 11 is 0.398. The summed E-state index contributed by atoms with van der Waals surface area (Å²) in [5.74, 6) is 0. The summed E-state index contributed by atoms with van der Waals surface area (Å²) in [6, 6.07) is 18.6. The normalized spacial score (nSPS) is 10.0. The zero-order valence-electron chi connectivity index (χ0n) is 7.68. The molecule has 2 N–H and O–H groups in total. The second-order valence-electron chi connectivity index (χ2n) is 2.98. The third-order valence-electron chi connectivity index (χ3n) is 1.86. The van der Waals surface area contributed by atoms with Crippen LogP contribution in [0.5, 0.6) is 0 Å². The number of hydrogen-bond acceptors (Lipinski definition) is 1. The number of benzene rings is 2. The van der Waals surface area contributed by atoms with Crippen molar-refractivity contribution in [2.45, 2.75) is 0 Å². The molecule has 0 aliphatic rings. The number of nitrogen functional groups attached to an aromatic ring is 1. The molecule has 70 valence electrons. The molecule has 0 aliphatic carbocycles. The quantitative estimate of drug-likeness (QED) is 0.621. The molecule has 0 radical (unpaired) electrons. The molecule has 2 rings (SSSR count). The first-order chi connectivity index (χ1) is 6.84. The molecule has 2 aromatic carbocycles. The molecule has 0 saturated carbocycles. The van der Waals surface area contributed by atoms with Gasteiger partial charge >= 0.3 is 89.9 Å². The number of hydrogen-bond donors (Lipinski definition) is 1. The van der Waals surface area contributed by atoms with Crippen molar-refractivity contribution in [1.82, 2.24) is 0 Å². The molecule has 0 aromatic heterocycles. The molecule has 0 bridgehead atoms. The van der Waals surface area contributed by atoms with E-state index in [1.54, 1.807) is 0 Å². The average molecular weight is 248 g/mol. The Bertz CT molecular complexity index is 394. The first kappa shape index (κ1) is 9.32. The van der Waals surface area contributed by atoms with Crippen molar-refractivity contribution in [1.29, 1.82) is 0 Å². The Morgan fingerprint density at radius 3 is 1.93 bits per heavy atom. The van der Waals surface area contributed by atoms with Crippen molar-refractivity contribution >= 4 is 29.6 Å². The Kier molecular flexibility index (Phi) is 2.87. The number of anilines is 1. The molecule has 0 unspecified atom stereocenters. The second kappa shape index (κ2) is 4.32. The Hall–Kier alpha value is -1.24. The summed E-state index contributed by atoms with van der Waals surface area (Å²) in [4.78, 5) is 0. The Balaban J connectivity index is 2.16. The third-order valence-corrected chi connectivity index (χ3v) is 3.99. The molecule has 0 atom stereocenters. The predicted octanol–water partition coefficient (Wildman–Crippen LogP) is 0.924. The van der Waals surface area contributed by atoms with Gasteiger partial charge in [0.25, 0.3) is 0 Å². The minimum absolute atomic E-state index is 0.398. The topological polar surface area (TPSA) is 26.0 Å². The van der Waals surface area contributed by atoms with E-state index in [2.05, 4.69) is 36.4 Å².